The second kappa shape index (κ2) is 8.10. The number of halogens is 3. The molecule has 0 aromatic rings. The maximum Gasteiger partial charge on any atom is 0.389 e. The average molecular weight is 282 g/mol. The summed E-state index contributed by atoms with van der Waals surface area (Å²) in [5, 5.41) is 3.42. The molecule has 0 fully saturated rings. The van der Waals surface area contributed by atoms with Crippen LogP contribution in [0.3, 0.4) is 0 Å². The molecule has 19 heavy (non-hydrogen) atoms. The number of alkyl halides is 3. The highest BCUT2D eigenvalue weighted by atomic mass is 19.4. The van der Waals surface area contributed by atoms with E-state index in [1.165, 1.54) is 0 Å². The van der Waals surface area contributed by atoms with Crippen molar-refractivity contribution in [3.8, 4) is 0 Å². The third-order valence-corrected chi connectivity index (χ3v) is 4.08. The third-order valence-electron chi connectivity index (χ3n) is 4.08. The molecule has 1 N–H and O–H groups in total. The molecule has 2 nitrogen and oxygen atoms in total. The molecule has 0 aromatic carbocycles. The first-order chi connectivity index (χ1) is 8.67. The van der Waals surface area contributed by atoms with Crippen molar-refractivity contribution >= 4 is 0 Å². The molecule has 0 rings (SSSR count). The van der Waals surface area contributed by atoms with Crippen molar-refractivity contribution < 1.29 is 13.2 Å². The SMILES string of the molecule is CCCNC(CCCC(F)(F)F)C(C)(CC)N(C)C. The van der Waals surface area contributed by atoms with Gasteiger partial charge in [-0.1, -0.05) is 13.8 Å². The number of likely N-dealkylation sites (N-methyl/N-ethyl adjacent to an activating group) is 1. The van der Waals surface area contributed by atoms with Gasteiger partial charge in [-0.05, 0) is 53.2 Å². The molecule has 0 aliphatic heterocycles. The minimum atomic E-state index is -4.05. The first-order valence-electron chi connectivity index (χ1n) is 7.15. The normalized spacial score (nSPS) is 17.5. The van der Waals surface area contributed by atoms with Gasteiger partial charge in [0.1, 0.15) is 0 Å². The van der Waals surface area contributed by atoms with E-state index in [-0.39, 0.29) is 18.0 Å². The van der Waals surface area contributed by atoms with Crippen LogP contribution in [-0.4, -0.2) is 43.3 Å². The van der Waals surface area contributed by atoms with Crippen molar-refractivity contribution in [2.75, 3.05) is 20.6 Å². The molecule has 0 heterocycles. The lowest BCUT2D eigenvalue weighted by molar-refractivity contribution is -0.136. The Morgan fingerprint density at radius 2 is 1.74 bits per heavy atom. The first kappa shape index (κ1) is 18.7. The molecule has 0 spiro atoms. The zero-order valence-corrected chi connectivity index (χ0v) is 12.9. The van der Waals surface area contributed by atoms with Crippen LogP contribution in [0, 0.1) is 0 Å². The van der Waals surface area contributed by atoms with E-state index in [0.717, 1.165) is 19.4 Å². The summed E-state index contributed by atoms with van der Waals surface area (Å²) in [4.78, 5) is 2.12. The van der Waals surface area contributed by atoms with Crippen molar-refractivity contribution in [1.82, 2.24) is 10.2 Å². The molecule has 0 aromatic heterocycles. The van der Waals surface area contributed by atoms with Crippen LogP contribution in [0.4, 0.5) is 13.2 Å². The van der Waals surface area contributed by atoms with Crippen molar-refractivity contribution in [3.63, 3.8) is 0 Å². The minimum Gasteiger partial charge on any atom is -0.312 e. The van der Waals surface area contributed by atoms with Gasteiger partial charge in [-0.2, -0.15) is 13.2 Å². The van der Waals surface area contributed by atoms with Gasteiger partial charge in [0.25, 0.3) is 0 Å². The zero-order chi connectivity index (χ0) is 15.1. The van der Waals surface area contributed by atoms with E-state index >= 15 is 0 Å². The largest absolute Gasteiger partial charge is 0.389 e. The van der Waals surface area contributed by atoms with Gasteiger partial charge in [0.2, 0.25) is 0 Å². The maximum atomic E-state index is 12.3. The number of hydrogen-bond donors (Lipinski definition) is 1. The standard InChI is InChI=1S/C14H29F3N2/c1-6-11-18-12(9-8-10-14(15,16)17)13(3,7-2)19(4)5/h12,18H,6-11H2,1-5H3. The van der Waals surface area contributed by atoms with Crippen molar-refractivity contribution in [1.29, 1.82) is 0 Å². The highest BCUT2D eigenvalue weighted by molar-refractivity contribution is 4.94. The van der Waals surface area contributed by atoms with Gasteiger partial charge >= 0.3 is 6.18 Å². The van der Waals surface area contributed by atoms with Crippen molar-refractivity contribution in [3.05, 3.63) is 0 Å². The molecular weight excluding hydrogens is 253 g/mol. The Hall–Kier alpha value is -0.290. The summed E-state index contributed by atoms with van der Waals surface area (Å²) in [5.74, 6) is 0. The van der Waals surface area contributed by atoms with Crippen LogP contribution in [0.2, 0.25) is 0 Å². The molecule has 5 heteroatoms. The van der Waals surface area contributed by atoms with Crippen LogP contribution in [0.15, 0.2) is 0 Å². The van der Waals surface area contributed by atoms with E-state index < -0.39 is 12.6 Å². The fraction of sp³-hybridized carbons (Fsp3) is 1.00. The van der Waals surface area contributed by atoms with Gasteiger partial charge in [-0.3, -0.25) is 0 Å². The molecule has 0 aliphatic rings. The number of nitrogens with one attached hydrogen (secondary N) is 1. The Morgan fingerprint density at radius 1 is 1.16 bits per heavy atom. The van der Waals surface area contributed by atoms with E-state index in [9.17, 15) is 13.2 Å². The summed E-state index contributed by atoms with van der Waals surface area (Å²) in [6.07, 6.45) is -2.09. The Bertz CT molecular complexity index is 241. The topological polar surface area (TPSA) is 15.3 Å². The van der Waals surface area contributed by atoms with E-state index in [4.69, 9.17) is 0 Å². The van der Waals surface area contributed by atoms with Crippen molar-refractivity contribution in [2.24, 2.45) is 0 Å². The first-order valence-corrected chi connectivity index (χ1v) is 7.15. The lowest BCUT2D eigenvalue weighted by atomic mass is 9.84. The number of nitrogens with zero attached hydrogens (tertiary/aromatic N) is 1. The monoisotopic (exact) mass is 282 g/mol. The van der Waals surface area contributed by atoms with Gasteiger partial charge < -0.3 is 10.2 Å². The molecule has 0 aliphatic carbocycles. The van der Waals surface area contributed by atoms with Crippen LogP contribution in [0.25, 0.3) is 0 Å². The number of rotatable bonds is 9. The van der Waals surface area contributed by atoms with Gasteiger partial charge in [0, 0.05) is 18.0 Å². The summed E-state index contributed by atoms with van der Waals surface area (Å²) in [6, 6.07) is 0.0924. The molecule has 2 unspecified atom stereocenters. The zero-order valence-electron chi connectivity index (χ0n) is 12.9. The fourth-order valence-corrected chi connectivity index (χ4v) is 2.33. The van der Waals surface area contributed by atoms with Crippen LogP contribution in [-0.2, 0) is 0 Å². The van der Waals surface area contributed by atoms with Crippen LogP contribution < -0.4 is 5.32 Å². The quantitative estimate of drug-likeness (QED) is 0.691. The summed E-state index contributed by atoms with van der Waals surface area (Å²) >= 11 is 0. The Kier molecular flexibility index (Phi) is 7.98. The highest BCUT2D eigenvalue weighted by Crippen LogP contribution is 2.28. The summed E-state index contributed by atoms with van der Waals surface area (Å²) < 4.78 is 36.8. The Morgan fingerprint density at radius 3 is 2.11 bits per heavy atom. The van der Waals surface area contributed by atoms with Gasteiger partial charge in [0.15, 0.2) is 0 Å². The molecule has 0 saturated carbocycles. The van der Waals surface area contributed by atoms with Crippen LogP contribution in [0.1, 0.15) is 52.9 Å². The molecule has 116 valence electrons. The second-order valence-corrected chi connectivity index (χ2v) is 5.62. The highest BCUT2D eigenvalue weighted by Gasteiger charge is 2.35. The van der Waals surface area contributed by atoms with Gasteiger partial charge in [-0.25, -0.2) is 0 Å². The van der Waals surface area contributed by atoms with E-state index in [1.54, 1.807) is 0 Å². The Labute approximate surface area is 115 Å². The molecule has 2 atom stereocenters. The minimum absolute atomic E-state index is 0.0924. The van der Waals surface area contributed by atoms with Crippen LogP contribution in [0.5, 0.6) is 0 Å². The third kappa shape index (κ3) is 6.61. The average Bonchev–Trinajstić information content (AvgIpc) is 2.30. The summed E-state index contributed by atoms with van der Waals surface area (Å²) in [6.45, 7) is 7.12. The van der Waals surface area contributed by atoms with Crippen LogP contribution >= 0.6 is 0 Å². The van der Waals surface area contributed by atoms with E-state index in [0.29, 0.717) is 6.42 Å². The molecular formula is C14H29F3N2. The molecule has 0 amide bonds. The summed E-state index contributed by atoms with van der Waals surface area (Å²) in [7, 11) is 3.99. The molecule has 0 radical (unpaired) electrons. The fourth-order valence-electron chi connectivity index (χ4n) is 2.33. The van der Waals surface area contributed by atoms with Crippen molar-refractivity contribution in [2.45, 2.75) is 70.6 Å². The molecule has 0 saturated heterocycles. The second-order valence-electron chi connectivity index (χ2n) is 5.62. The lowest BCUT2D eigenvalue weighted by Crippen LogP contribution is -2.57. The maximum absolute atomic E-state index is 12.3. The summed E-state index contributed by atoms with van der Waals surface area (Å²) in [5.41, 5.74) is -0.110. The molecule has 0 bridgehead atoms. The van der Waals surface area contributed by atoms with E-state index in [2.05, 4.69) is 31.0 Å². The van der Waals surface area contributed by atoms with Gasteiger partial charge in [0.05, 0.1) is 0 Å². The predicted molar refractivity (Wildman–Crippen MR) is 74.4 cm³/mol. The van der Waals surface area contributed by atoms with Gasteiger partial charge in [-0.15, -0.1) is 0 Å². The van der Waals surface area contributed by atoms with E-state index in [1.807, 2.05) is 14.1 Å². The number of hydrogen-bond acceptors (Lipinski definition) is 2. The Balaban J connectivity index is 4.61. The predicted octanol–water partition coefficient (Wildman–Crippen LogP) is 3.82. The smallest absolute Gasteiger partial charge is 0.312 e. The lowest BCUT2D eigenvalue weighted by Gasteiger charge is -2.43.